The predicted octanol–water partition coefficient (Wildman–Crippen LogP) is 4.47. The average Bonchev–Trinajstić information content (AvgIpc) is 2.73. The van der Waals surface area contributed by atoms with E-state index in [1.54, 1.807) is 50.2 Å². The van der Waals surface area contributed by atoms with Crippen LogP contribution in [0.4, 0.5) is 0 Å². The Labute approximate surface area is 188 Å². The number of ether oxygens (including phenoxy) is 1. The predicted molar refractivity (Wildman–Crippen MR) is 123 cm³/mol. The molecule has 0 spiro atoms. The number of fused-ring (bicyclic) bond motifs is 1. The SMILES string of the molecule is CCCCOc1ccc2cc(S(=O)(=O)C(=[N+]=[N-])S(=O)(=O)c3ccc(C)cc3C)ccc2c1. The molecule has 0 atom stereocenters. The van der Waals surface area contributed by atoms with E-state index in [-0.39, 0.29) is 9.79 Å². The number of aryl methyl sites for hydroxylation is 2. The lowest BCUT2D eigenvalue weighted by Crippen LogP contribution is -2.26. The van der Waals surface area contributed by atoms with E-state index in [0.717, 1.165) is 23.8 Å². The fourth-order valence-electron chi connectivity index (χ4n) is 3.34. The van der Waals surface area contributed by atoms with Gasteiger partial charge in [-0.15, -0.1) is 4.79 Å². The van der Waals surface area contributed by atoms with Gasteiger partial charge in [-0.2, -0.15) is 0 Å². The molecule has 3 aromatic rings. The van der Waals surface area contributed by atoms with Gasteiger partial charge in [-0.1, -0.05) is 43.2 Å². The monoisotopic (exact) mass is 472 g/mol. The number of hydrogen-bond donors (Lipinski definition) is 0. The Morgan fingerprint density at radius 3 is 2.25 bits per heavy atom. The van der Waals surface area contributed by atoms with E-state index in [4.69, 9.17) is 4.74 Å². The highest BCUT2D eigenvalue weighted by atomic mass is 32.3. The van der Waals surface area contributed by atoms with Crippen molar-refractivity contribution in [3.05, 3.63) is 71.3 Å². The van der Waals surface area contributed by atoms with Crippen molar-refractivity contribution in [3.8, 4) is 5.75 Å². The zero-order valence-electron chi connectivity index (χ0n) is 18.1. The van der Waals surface area contributed by atoms with Crippen molar-refractivity contribution in [1.29, 1.82) is 0 Å². The minimum Gasteiger partial charge on any atom is -0.494 e. The zero-order chi connectivity index (χ0) is 23.5. The summed E-state index contributed by atoms with van der Waals surface area (Å²) in [6, 6.07) is 13.9. The van der Waals surface area contributed by atoms with Crippen LogP contribution >= 0.6 is 0 Å². The van der Waals surface area contributed by atoms with Crippen LogP contribution in [0.1, 0.15) is 30.9 Å². The molecule has 7 nitrogen and oxygen atoms in total. The molecule has 0 bridgehead atoms. The molecule has 0 aliphatic carbocycles. The molecule has 0 aliphatic rings. The fraction of sp³-hybridized carbons (Fsp3) is 0.261. The van der Waals surface area contributed by atoms with Gasteiger partial charge in [0.05, 0.1) is 16.4 Å². The van der Waals surface area contributed by atoms with Crippen molar-refractivity contribution in [3.63, 3.8) is 0 Å². The van der Waals surface area contributed by atoms with Crippen molar-refractivity contribution >= 4 is 34.8 Å². The van der Waals surface area contributed by atoms with Gasteiger partial charge in [0.2, 0.25) is 0 Å². The maximum atomic E-state index is 13.2. The van der Waals surface area contributed by atoms with Crippen molar-refractivity contribution < 1.29 is 26.4 Å². The van der Waals surface area contributed by atoms with Crippen LogP contribution in [0.25, 0.3) is 16.3 Å². The van der Waals surface area contributed by atoms with Crippen LogP contribution < -0.4 is 4.74 Å². The number of benzene rings is 3. The number of nitrogens with zero attached hydrogens (tertiary/aromatic N) is 2. The summed E-state index contributed by atoms with van der Waals surface area (Å²) in [7, 11) is -9.21. The van der Waals surface area contributed by atoms with Crippen molar-refractivity contribution in [2.24, 2.45) is 0 Å². The third-order valence-electron chi connectivity index (χ3n) is 5.02. The molecule has 0 fully saturated rings. The van der Waals surface area contributed by atoms with E-state index in [9.17, 15) is 22.4 Å². The van der Waals surface area contributed by atoms with Gasteiger partial charge in [-0.05, 0) is 66.9 Å². The van der Waals surface area contributed by atoms with Gasteiger partial charge < -0.3 is 10.3 Å². The zero-order valence-corrected chi connectivity index (χ0v) is 19.7. The Hall–Kier alpha value is -3.00. The molecule has 0 saturated carbocycles. The Bertz CT molecular complexity index is 1440. The first-order valence-corrected chi connectivity index (χ1v) is 13.0. The minimum absolute atomic E-state index is 0.228. The Morgan fingerprint density at radius 2 is 1.59 bits per heavy atom. The van der Waals surface area contributed by atoms with Gasteiger partial charge in [-0.3, -0.25) is 0 Å². The summed E-state index contributed by atoms with van der Waals surface area (Å²) in [6.45, 7) is 5.99. The number of unbranched alkanes of at least 4 members (excludes halogenated alkanes) is 1. The summed E-state index contributed by atoms with van der Waals surface area (Å²) >= 11 is 0. The lowest BCUT2D eigenvalue weighted by atomic mass is 10.1. The summed E-state index contributed by atoms with van der Waals surface area (Å²) in [5.74, 6) is 0.664. The second-order valence-corrected chi connectivity index (χ2v) is 11.5. The van der Waals surface area contributed by atoms with E-state index < -0.39 is 24.1 Å². The molecular weight excluding hydrogens is 448 g/mol. The number of hydrogen-bond acceptors (Lipinski definition) is 5. The topological polar surface area (TPSA) is 114 Å². The van der Waals surface area contributed by atoms with Crippen LogP contribution in [0.5, 0.6) is 5.75 Å². The van der Waals surface area contributed by atoms with Crippen LogP contribution in [-0.2, 0) is 19.7 Å². The highest BCUT2D eigenvalue weighted by Gasteiger charge is 2.44. The van der Waals surface area contributed by atoms with E-state index in [1.807, 2.05) is 0 Å². The lowest BCUT2D eigenvalue weighted by Gasteiger charge is -2.08. The normalized spacial score (nSPS) is 11.8. The van der Waals surface area contributed by atoms with Gasteiger partial charge in [-0.25, -0.2) is 16.8 Å². The van der Waals surface area contributed by atoms with Gasteiger partial charge >= 0.3 is 4.38 Å². The molecule has 0 aromatic heterocycles. The molecule has 0 aliphatic heterocycles. The number of rotatable bonds is 6. The van der Waals surface area contributed by atoms with Gasteiger partial charge in [0.1, 0.15) is 5.75 Å². The lowest BCUT2D eigenvalue weighted by molar-refractivity contribution is 0.00380. The summed E-state index contributed by atoms with van der Waals surface area (Å²) in [5.41, 5.74) is 10.6. The second kappa shape index (κ2) is 9.24. The molecule has 0 heterocycles. The van der Waals surface area contributed by atoms with E-state index in [2.05, 4.69) is 11.7 Å². The van der Waals surface area contributed by atoms with Crippen LogP contribution in [0.2, 0.25) is 0 Å². The summed E-state index contributed by atoms with van der Waals surface area (Å²) in [6.07, 6.45) is 1.93. The van der Waals surface area contributed by atoms with Crippen molar-refractivity contribution in [2.45, 2.75) is 43.4 Å². The quantitative estimate of drug-likeness (QED) is 0.173. The van der Waals surface area contributed by atoms with Crippen LogP contribution in [0.3, 0.4) is 0 Å². The molecule has 0 unspecified atom stereocenters. The molecule has 9 heteroatoms. The molecular formula is C23H24N2O5S2. The summed E-state index contributed by atoms with van der Waals surface area (Å²) in [5, 5.41) is 1.31. The van der Waals surface area contributed by atoms with E-state index in [0.29, 0.717) is 23.3 Å². The first kappa shape index (κ1) is 23.7. The molecule has 0 amide bonds. The molecule has 0 radical (unpaired) electrons. The van der Waals surface area contributed by atoms with Crippen molar-refractivity contribution in [2.75, 3.05) is 6.61 Å². The van der Waals surface area contributed by atoms with Crippen LogP contribution in [-0.4, -0.2) is 32.6 Å². The third-order valence-corrected chi connectivity index (χ3v) is 9.33. The van der Waals surface area contributed by atoms with Crippen LogP contribution in [0, 0.1) is 13.8 Å². The first-order chi connectivity index (χ1) is 15.1. The van der Waals surface area contributed by atoms with Crippen molar-refractivity contribution in [1.82, 2.24) is 0 Å². The highest BCUT2D eigenvalue weighted by molar-refractivity contribution is 8.31. The molecule has 168 valence electrons. The van der Waals surface area contributed by atoms with Gasteiger partial charge in [0, 0.05) is 0 Å². The highest BCUT2D eigenvalue weighted by Crippen LogP contribution is 2.27. The molecule has 0 N–H and O–H groups in total. The van der Waals surface area contributed by atoms with Gasteiger partial charge in [0.15, 0.2) is 0 Å². The maximum Gasteiger partial charge on any atom is 0.504 e. The van der Waals surface area contributed by atoms with Gasteiger partial charge in [0.25, 0.3) is 19.7 Å². The largest absolute Gasteiger partial charge is 0.504 e. The van der Waals surface area contributed by atoms with Crippen LogP contribution in [0.15, 0.2) is 64.4 Å². The second-order valence-electron chi connectivity index (χ2n) is 7.51. The maximum absolute atomic E-state index is 13.2. The smallest absolute Gasteiger partial charge is 0.494 e. The molecule has 0 saturated heterocycles. The number of sulfone groups is 2. The Morgan fingerprint density at radius 1 is 0.906 bits per heavy atom. The van der Waals surface area contributed by atoms with E-state index >= 15 is 0 Å². The molecule has 32 heavy (non-hydrogen) atoms. The standard InChI is InChI=1S/C23H24N2O5S2/c1-4-5-12-30-20-9-7-19-15-21(10-8-18(19)14-20)31(26,27)23(25-24)32(28,29)22-11-6-16(2)13-17(22)3/h6-11,13-15H,4-5,12H2,1-3H3. The summed E-state index contributed by atoms with van der Waals surface area (Å²) in [4.78, 5) is 2.19. The summed E-state index contributed by atoms with van der Waals surface area (Å²) < 4.78 is 56.8. The Kier molecular flexibility index (Phi) is 6.83. The third kappa shape index (κ3) is 4.60. The average molecular weight is 473 g/mol. The Balaban J connectivity index is 2.03. The first-order valence-electron chi connectivity index (χ1n) is 10.1. The molecule has 3 aromatic carbocycles. The fourth-order valence-corrected chi connectivity index (χ4v) is 6.92. The van der Waals surface area contributed by atoms with E-state index in [1.165, 1.54) is 18.2 Å². The molecule has 3 rings (SSSR count). The minimum atomic E-state index is -4.62.